The van der Waals surface area contributed by atoms with E-state index in [0.717, 1.165) is 11.3 Å². The van der Waals surface area contributed by atoms with Gasteiger partial charge in [0.1, 0.15) is 17.2 Å². The van der Waals surface area contributed by atoms with Crippen molar-refractivity contribution in [3.05, 3.63) is 60.2 Å². The van der Waals surface area contributed by atoms with Gasteiger partial charge in [-0.15, -0.1) is 10.2 Å². The van der Waals surface area contributed by atoms with E-state index in [2.05, 4.69) is 20.8 Å². The topological polar surface area (TPSA) is 94.6 Å². The van der Waals surface area contributed by atoms with Crippen LogP contribution in [0.25, 0.3) is 0 Å². The number of anilines is 3. The van der Waals surface area contributed by atoms with Gasteiger partial charge in [0.25, 0.3) is 0 Å². The van der Waals surface area contributed by atoms with Crippen molar-refractivity contribution in [1.29, 1.82) is 0 Å². The minimum absolute atomic E-state index is 0.181. The van der Waals surface area contributed by atoms with Crippen molar-refractivity contribution < 1.29 is 19.0 Å². The van der Waals surface area contributed by atoms with Crippen LogP contribution in [0.5, 0.6) is 17.2 Å². The summed E-state index contributed by atoms with van der Waals surface area (Å²) in [5.41, 5.74) is 1.57. The smallest absolute Gasteiger partial charge is 0.229 e. The number of rotatable bonds is 8. The molecule has 2 N–H and O–H groups in total. The molecule has 0 spiro atoms. The lowest BCUT2D eigenvalue weighted by Crippen LogP contribution is -2.15. The van der Waals surface area contributed by atoms with Crippen LogP contribution in [-0.4, -0.2) is 37.4 Å². The average molecular weight is 394 g/mol. The third-order valence-corrected chi connectivity index (χ3v) is 4.13. The highest BCUT2D eigenvalue weighted by atomic mass is 16.5. The van der Waals surface area contributed by atoms with Crippen molar-refractivity contribution in [3.63, 3.8) is 0 Å². The molecule has 3 rings (SSSR count). The van der Waals surface area contributed by atoms with Crippen molar-refractivity contribution in [2.75, 3.05) is 32.0 Å². The minimum Gasteiger partial charge on any atom is -0.497 e. The molecule has 0 fully saturated rings. The Morgan fingerprint density at radius 1 is 0.828 bits per heavy atom. The van der Waals surface area contributed by atoms with Crippen LogP contribution in [0.1, 0.15) is 5.56 Å². The highest BCUT2D eigenvalue weighted by molar-refractivity contribution is 5.91. The highest BCUT2D eigenvalue weighted by Crippen LogP contribution is 2.30. The van der Waals surface area contributed by atoms with Crippen LogP contribution in [-0.2, 0) is 11.2 Å². The molecule has 2 aromatic carbocycles. The molecule has 8 heteroatoms. The van der Waals surface area contributed by atoms with Gasteiger partial charge in [-0.3, -0.25) is 4.79 Å². The number of carbonyl (C=O) groups is 1. The Balaban J connectivity index is 1.62. The SMILES string of the molecule is COc1ccc(CC(=O)Nc2ccc(Nc3cc(OC)ccc3OC)nn2)cc1. The molecule has 0 radical (unpaired) electrons. The highest BCUT2D eigenvalue weighted by Gasteiger charge is 2.09. The summed E-state index contributed by atoms with van der Waals surface area (Å²) < 4.78 is 15.7. The summed E-state index contributed by atoms with van der Waals surface area (Å²) >= 11 is 0. The number of nitrogens with one attached hydrogen (secondary N) is 2. The van der Waals surface area contributed by atoms with E-state index in [9.17, 15) is 4.79 Å². The average Bonchev–Trinajstić information content (AvgIpc) is 2.75. The van der Waals surface area contributed by atoms with Crippen LogP contribution in [0.2, 0.25) is 0 Å². The molecule has 0 atom stereocenters. The maximum Gasteiger partial charge on any atom is 0.229 e. The number of methoxy groups -OCH3 is 3. The lowest BCUT2D eigenvalue weighted by Gasteiger charge is -2.12. The van der Waals surface area contributed by atoms with E-state index in [-0.39, 0.29) is 12.3 Å². The summed E-state index contributed by atoms with van der Waals surface area (Å²) in [6.45, 7) is 0. The summed E-state index contributed by atoms with van der Waals surface area (Å²) in [5, 5.41) is 14.0. The van der Waals surface area contributed by atoms with Gasteiger partial charge in [0.15, 0.2) is 11.6 Å². The zero-order valence-electron chi connectivity index (χ0n) is 16.4. The zero-order chi connectivity index (χ0) is 20.6. The van der Waals surface area contributed by atoms with Gasteiger partial charge in [0, 0.05) is 6.07 Å². The van der Waals surface area contributed by atoms with Crippen LogP contribution >= 0.6 is 0 Å². The molecule has 0 unspecified atom stereocenters. The number of benzene rings is 2. The number of nitrogens with zero attached hydrogens (tertiary/aromatic N) is 2. The number of amides is 1. The van der Waals surface area contributed by atoms with Crippen molar-refractivity contribution >= 4 is 23.2 Å². The monoisotopic (exact) mass is 394 g/mol. The van der Waals surface area contributed by atoms with E-state index >= 15 is 0 Å². The van der Waals surface area contributed by atoms with E-state index in [1.165, 1.54) is 0 Å². The number of hydrogen-bond donors (Lipinski definition) is 2. The standard InChI is InChI=1S/C21H22N4O4/c1-27-15-6-4-14(5-7-15)12-21(26)23-20-11-10-19(24-25-20)22-17-13-16(28-2)8-9-18(17)29-3/h4-11,13H,12H2,1-3H3,(H,22,24)(H,23,25,26). The minimum atomic E-state index is -0.181. The van der Waals surface area contributed by atoms with Gasteiger partial charge in [-0.25, -0.2) is 0 Å². The van der Waals surface area contributed by atoms with Crippen LogP contribution in [0.3, 0.4) is 0 Å². The summed E-state index contributed by atoms with van der Waals surface area (Å²) in [4.78, 5) is 12.2. The maximum atomic E-state index is 12.2. The molecule has 0 bridgehead atoms. The molecule has 0 aliphatic carbocycles. The van der Waals surface area contributed by atoms with E-state index < -0.39 is 0 Å². The zero-order valence-corrected chi connectivity index (χ0v) is 16.4. The number of hydrogen-bond acceptors (Lipinski definition) is 7. The molecule has 3 aromatic rings. The Hall–Kier alpha value is -3.81. The molecule has 8 nitrogen and oxygen atoms in total. The molecule has 150 valence electrons. The molecule has 0 aliphatic heterocycles. The first-order valence-corrected chi connectivity index (χ1v) is 8.87. The second-order valence-corrected chi connectivity index (χ2v) is 6.07. The van der Waals surface area contributed by atoms with Crippen molar-refractivity contribution in [2.24, 2.45) is 0 Å². The van der Waals surface area contributed by atoms with Crippen molar-refractivity contribution in [1.82, 2.24) is 10.2 Å². The maximum absolute atomic E-state index is 12.2. The number of ether oxygens (including phenoxy) is 3. The van der Waals surface area contributed by atoms with Crippen molar-refractivity contribution in [3.8, 4) is 17.2 Å². The van der Waals surface area contributed by atoms with E-state index in [0.29, 0.717) is 28.8 Å². The van der Waals surface area contributed by atoms with Crippen LogP contribution < -0.4 is 24.8 Å². The summed E-state index contributed by atoms with van der Waals surface area (Å²) in [7, 11) is 4.78. The quantitative estimate of drug-likeness (QED) is 0.604. The molecular formula is C21H22N4O4. The predicted octanol–water partition coefficient (Wildman–Crippen LogP) is 3.43. The fraction of sp³-hybridized carbons (Fsp3) is 0.190. The molecule has 1 aromatic heterocycles. The molecular weight excluding hydrogens is 372 g/mol. The van der Waals surface area contributed by atoms with Gasteiger partial charge in [0.2, 0.25) is 5.91 Å². The molecule has 29 heavy (non-hydrogen) atoms. The lowest BCUT2D eigenvalue weighted by molar-refractivity contribution is -0.115. The largest absolute Gasteiger partial charge is 0.497 e. The van der Waals surface area contributed by atoms with E-state index in [4.69, 9.17) is 14.2 Å². The Kier molecular flexibility index (Phi) is 6.47. The summed E-state index contributed by atoms with van der Waals surface area (Å²) in [6, 6.07) is 16.1. The van der Waals surface area contributed by atoms with Crippen LogP contribution in [0, 0.1) is 0 Å². The fourth-order valence-corrected chi connectivity index (χ4v) is 2.63. The second kappa shape index (κ2) is 9.41. The van der Waals surface area contributed by atoms with E-state index in [1.54, 1.807) is 51.7 Å². The predicted molar refractivity (Wildman–Crippen MR) is 110 cm³/mol. The number of carbonyl (C=O) groups excluding carboxylic acids is 1. The Morgan fingerprint density at radius 3 is 2.10 bits per heavy atom. The first-order chi connectivity index (χ1) is 14.1. The molecule has 0 saturated carbocycles. The fourth-order valence-electron chi connectivity index (χ4n) is 2.63. The van der Waals surface area contributed by atoms with Crippen LogP contribution in [0.4, 0.5) is 17.3 Å². The first kappa shape index (κ1) is 19.9. The summed E-state index contributed by atoms with van der Waals surface area (Å²) in [5.74, 6) is 2.76. The lowest BCUT2D eigenvalue weighted by atomic mass is 10.1. The Labute approximate surface area is 168 Å². The Morgan fingerprint density at radius 2 is 1.48 bits per heavy atom. The van der Waals surface area contributed by atoms with Gasteiger partial charge in [0.05, 0.1) is 33.4 Å². The first-order valence-electron chi connectivity index (χ1n) is 8.87. The van der Waals surface area contributed by atoms with Crippen LogP contribution in [0.15, 0.2) is 54.6 Å². The normalized spacial score (nSPS) is 10.2. The molecule has 1 heterocycles. The van der Waals surface area contributed by atoms with Gasteiger partial charge in [-0.05, 0) is 42.0 Å². The molecule has 1 amide bonds. The second-order valence-electron chi connectivity index (χ2n) is 6.07. The van der Waals surface area contributed by atoms with Crippen molar-refractivity contribution in [2.45, 2.75) is 6.42 Å². The van der Waals surface area contributed by atoms with E-state index in [1.807, 2.05) is 24.3 Å². The third kappa shape index (κ3) is 5.35. The van der Waals surface area contributed by atoms with Gasteiger partial charge < -0.3 is 24.8 Å². The molecule has 0 saturated heterocycles. The molecule has 0 aliphatic rings. The number of aromatic nitrogens is 2. The van der Waals surface area contributed by atoms with Gasteiger partial charge >= 0.3 is 0 Å². The summed E-state index contributed by atoms with van der Waals surface area (Å²) in [6.07, 6.45) is 0.229. The van der Waals surface area contributed by atoms with Gasteiger partial charge in [-0.1, -0.05) is 12.1 Å². The third-order valence-electron chi connectivity index (χ3n) is 4.13. The Bertz CT molecular complexity index is 959. The van der Waals surface area contributed by atoms with Gasteiger partial charge in [-0.2, -0.15) is 0 Å².